The van der Waals surface area contributed by atoms with Crippen molar-refractivity contribution in [3.05, 3.63) is 0 Å². The van der Waals surface area contributed by atoms with Crippen LogP contribution in [0.25, 0.3) is 0 Å². The van der Waals surface area contributed by atoms with E-state index in [1.165, 1.54) is 0 Å². The fourth-order valence-corrected chi connectivity index (χ4v) is 1.83. The highest BCUT2D eigenvalue weighted by atomic mass is 16.7. The second-order valence-electron chi connectivity index (χ2n) is 3.71. The fourth-order valence-electron chi connectivity index (χ4n) is 1.83. The molecule has 1 heterocycles. The van der Waals surface area contributed by atoms with Crippen molar-refractivity contribution in [2.24, 2.45) is 5.92 Å². The van der Waals surface area contributed by atoms with Crippen LogP contribution < -0.4 is 0 Å². The third kappa shape index (κ3) is 0.552. The summed E-state index contributed by atoms with van der Waals surface area (Å²) in [5, 5.41) is 0. The van der Waals surface area contributed by atoms with Gasteiger partial charge in [0, 0.05) is 5.92 Å². The van der Waals surface area contributed by atoms with Crippen molar-refractivity contribution in [1.29, 1.82) is 0 Å². The Kier molecular flexibility index (Phi) is 1.04. The van der Waals surface area contributed by atoms with Crippen molar-refractivity contribution in [3.8, 4) is 0 Å². The minimum absolute atomic E-state index is 0.0837. The molecule has 2 rings (SSSR count). The number of carbonyl (C=O) groups is 2. The molecule has 1 saturated heterocycles. The third-order valence-electron chi connectivity index (χ3n) is 3.33. The summed E-state index contributed by atoms with van der Waals surface area (Å²) < 4.78 is 9.92. The zero-order chi connectivity index (χ0) is 9.15. The Morgan fingerprint density at radius 3 is 1.75 bits per heavy atom. The Labute approximate surface area is 69.8 Å². The van der Waals surface area contributed by atoms with Gasteiger partial charge in [-0.15, -0.1) is 0 Å². The molecule has 66 valence electrons. The summed E-state index contributed by atoms with van der Waals surface area (Å²) >= 11 is 0. The summed E-state index contributed by atoms with van der Waals surface area (Å²) in [7, 11) is 0. The first-order chi connectivity index (χ1) is 5.42. The van der Waals surface area contributed by atoms with Crippen LogP contribution >= 0.6 is 0 Å². The number of hydrogen-bond donors (Lipinski definition) is 0. The predicted molar refractivity (Wildman–Crippen MR) is 38.2 cm³/mol. The third-order valence-corrected chi connectivity index (χ3v) is 3.33. The average molecular weight is 170 g/mol. The van der Waals surface area contributed by atoms with Gasteiger partial charge in [0.2, 0.25) is 0 Å². The monoisotopic (exact) mass is 170 g/mol. The van der Waals surface area contributed by atoms with E-state index in [4.69, 9.17) is 9.47 Å². The molecular formula is C8H10O4. The van der Waals surface area contributed by atoms with E-state index in [9.17, 15) is 9.59 Å². The van der Waals surface area contributed by atoms with Crippen LogP contribution in [-0.2, 0) is 19.1 Å². The van der Waals surface area contributed by atoms with Crippen molar-refractivity contribution in [2.75, 3.05) is 0 Å². The minimum Gasteiger partial charge on any atom is -0.446 e. The molecule has 4 nitrogen and oxygen atoms in total. The predicted octanol–water partition coefficient (Wildman–Crippen LogP) is 0.253. The maximum absolute atomic E-state index is 10.8. The van der Waals surface area contributed by atoms with Crippen LogP contribution in [0.1, 0.15) is 20.8 Å². The van der Waals surface area contributed by atoms with Gasteiger partial charge in [0.1, 0.15) is 0 Å². The van der Waals surface area contributed by atoms with Gasteiger partial charge in [0.05, 0.1) is 0 Å². The second-order valence-corrected chi connectivity index (χ2v) is 3.71. The highest BCUT2D eigenvalue weighted by molar-refractivity contribution is 6.30. The van der Waals surface area contributed by atoms with Gasteiger partial charge in [-0.25, -0.2) is 9.59 Å². The van der Waals surface area contributed by atoms with Gasteiger partial charge >= 0.3 is 11.9 Å². The Bertz CT molecular complexity index is 257. The molecule has 2 fully saturated rings. The largest absolute Gasteiger partial charge is 0.446 e. The minimum atomic E-state index is -0.876. The van der Waals surface area contributed by atoms with E-state index in [1.807, 2.05) is 6.92 Å². The van der Waals surface area contributed by atoms with Crippen molar-refractivity contribution in [2.45, 2.75) is 32.0 Å². The molecule has 0 amide bonds. The lowest BCUT2D eigenvalue weighted by Gasteiger charge is -2.23. The van der Waals surface area contributed by atoms with E-state index in [0.717, 1.165) is 0 Å². The molecule has 1 aliphatic carbocycles. The van der Waals surface area contributed by atoms with E-state index in [1.54, 1.807) is 13.8 Å². The zero-order valence-electron chi connectivity index (χ0n) is 7.21. The van der Waals surface area contributed by atoms with E-state index >= 15 is 0 Å². The summed E-state index contributed by atoms with van der Waals surface area (Å²) in [6, 6.07) is 0. The number of rotatable bonds is 0. The summed E-state index contributed by atoms with van der Waals surface area (Å²) in [5.74, 6) is -1.67. The van der Waals surface area contributed by atoms with Gasteiger partial charge in [-0.1, -0.05) is 6.92 Å². The maximum atomic E-state index is 10.8. The molecule has 2 atom stereocenters. The number of fused-ring (bicyclic) bond motifs is 1. The van der Waals surface area contributed by atoms with Gasteiger partial charge < -0.3 is 9.47 Å². The lowest BCUT2D eigenvalue weighted by atomic mass is 10.2. The topological polar surface area (TPSA) is 52.6 Å². The number of ether oxygens (including phenoxy) is 2. The molecule has 1 aliphatic heterocycles. The summed E-state index contributed by atoms with van der Waals surface area (Å²) in [5.41, 5.74) is -1.20. The highest BCUT2D eigenvalue weighted by Crippen LogP contribution is 2.60. The number of carbonyl (C=O) groups excluding carboxylic acids is 2. The molecule has 2 unspecified atom stereocenters. The van der Waals surface area contributed by atoms with E-state index in [-0.39, 0.29) is 5.92 Å². The Balaban J connectivity index is 2.33. The molecule has 0 aromatic carbocycles. The van der Waals surface area contributed by atoms with Crippen LogP contribution in [0.3, 0.4) is 0 Å². The smallest absolute Gasteiger partial charge is 0.418 e. The van der Waals surface area contributed by atoms with E-state index < -0.39 is 23.1 Å². The molecule has 0 aromatic rings. The number of hydrogen-bond acceptors (Lipinski definition) is 4. The summed E-state index contributed by atoms with van der Waals surface area (Å²) in [4.78, 5) is 21.7. The first kappa shape index (κ1) is 7.58. The van der Waals surface area contributed by atoms with Gasteiger partial charge in [-0.2, -0.15) is 0 Å². The standard InChI is InChI=1S/C8H10O4/c1-4-7(2)8(4,3)12-6(10)5(9)11-7/h4H,1-3H3. The van der Waals surface area contributed by atoms with E-state index in [0.29, 0.717) is 0 Å². The van der Waals surface area contributed by atoms with Gasteiger partial charge in [-0.05, 0) is 13.8 Å². The van der Waals surface area contributed by atoms with Crippen LogP contribution in [-0.4, -0.2) is 23.1 Å². The van der Waals surface area contributed by atoms with Gasteiger partial charge in [0.15, 0.2) is 11.2 Å². The molecule has 4 heteroatoms. The lowest BCUT2D eigenvalue weighted by Crippen LogP contribution is -2.41. The molecule has 12 heavy (non-hydrogen) atoms. The SMILES string of the molecule is CC1C2(C)OC(=O)C(=O)OC12C. The second kappa shape index (κ2) is 1.65. The van der Waals surface area contributed by atoms with Crippen molar-refractivity contribution in [1.82, 2.24) is 0 Å². The lowest BCUT2D eigenvalue weighted by molar-refractivity contribution is -0.191. The van der Waals surface area contributed by atoms with Crippen molar-refractivity contribution in [3.63, 3.8) is 0 Å². The van der Waals surface area contributed by atoms with Crippen molar-refractivity contribution < 1.29 is 19.1 Å². The molecule has 0 radical (unpaired) electrons. The molecule has 0 aromatic heterocycles. The Morgan fingerprint density at radius 1 is 1.08 bits per heavy atom. The molecule has 0 spiro atoms. The average Bonchev–Trinajstić information content (AvgIpc) is 2.36. The fraction of sp³-hybridized carbons (Fsp3) is 0.750. The van der Waals surface area contributed by atoms with E-state index in [2.05, 4.69) is 0 Å². The van der Waals surface area contributed by atoms with Crippen molar-refractivity contribution >= 4 is 11.9 Å². The summed E-state index contributed by atoms with van der Waals surface area (Å²) in [6.45, 7) is 5.45. The Morgan fingerprint density at radius 2 is 1.42 bits per heavy atom. The zero-order valence-corrected chi connectivity index (χ0v) is 7.21. The van der Waals surface area contributed by atoms with Crippen LogP contribution in [0.5, 0.6) is 0 Å². The molecule has 1 saturated carbocycles. The number of esters is 2. The molecule has 0 N–H and O–H groups in total. The van der Waals surface area contributed by atoms with Gasteiger partial charge in [-0.3, -0.25) is 0 Å². The van der Waals surface area contributed by atoms with Crippen LogP contribution in [0.15, 0.2) is 0 Å². The van der Waals surface area contributed by atoms with Gasteiger partial charge in [0.25, 0.3) is 0 Å². The van der Waals surface area contributed by atoms with Crippen LogP contribution in [0, 0.1) is 5.92 Å². The molecule has 0 bridgehead atoms. The van der Waals surface area contributed by atoms with Crippen LogP contribution in [0.4, 0.5) is 0 Å². The first-order valence-electron chi connectivity index (χ1n) is 3.88. The van der Waals surface area contributed by atoms with Crippen LogP contribution in [0.2, 0.25) is 0 Å². The highest BCUT2D eigenvalue weighted by Gasteiger charge is 2.78. The first-order valence-corrected chi connectivity index (χ1v) is 3.88. The molecular weight excluding hydrogens is 160 g/mol. The normalized spacial score (nSPS) is 50.8. The quantitative estimate of drug-likeness (QED) is 0.386. The Hall–Kier alpha value is -1.06. The molecule has 2 aliphatic rings. The maximum Gasteiger partial charge on any atom is 0.418 e. The summed E-state index contributed by atoms with van der Waals surface area (Å²) in [6.07, 6.45) is 0.